The maximum Gasteiger partial charge on any atom is 0.349 e. The van der Waals surface area contributed by atoms with Crippen molar-refractivity contribution in [3.63, 3.8) is 0 Å². The van der Waals surface area contributed by atoms with Crippen LogP contribution in [-0.2, 0) is 0 Å². The monoisotopic (exact) mass is 328 g/mol. The summed E-state index contributed by atoms with van der Waals surface area (Å²) in [5.74, 6) is -0.744. The summed E-state index contributed by atoms with van der Waals surface area (Å²) in [5, 5.41) is 5.01. The van der Waals surface area contributed by atoms with Crippen LogP contribution in [0.5, 0.6) is 0 Å². The van der Waals surface area contributed by atoms with Gasteiger partial charge in [0.1, 0.15) is 5.82 Å². The molecular formula is C16H13FN4O3. The van der Waals surface area contributed by atoms with Crippen molar-refractivity contribution in [3.8, 4) is 5.69 Å². The highest BCUT2D eigenvalue weighted by molar-refractivity contribution is 6.04. The highest BCUT2D eigenvalue weighted by atomic mass is 19.1. The summed E-state index contributed by atoms with van der Waals surface area (Å²) >= 11 is 0. The van der Waals surface area contributed by atoms with Crippen LogP contribution in [0.25, 0.3) is 5.69 Å². The second kappa shape index (κ2) is 5.99. The molecule has 0 spiro atoms. The van der Waals surface area contributed by atoms with E-state index in [0.717, 1.165) is 4.68 Å². The van der Waals surface area contributed by atoms with Crippen molar-refractivity contribution in [2.75, 3.05) is 5.32 Å². The van der Waals surface area contributed by atoms with Crippen molar-refractivity contribution in [3.05, 3.63) is 80.4 Å². The number of hydrogen-bond donors (Lipinski definition) is 3. The van der Waals surface area contributed by atoms with Gasteiger partial charge in [0.2, 0.25) is 0 Å². The number of aromatic amines is 2. The Hall–Kier alpha value is -3.42. The number of nitrogens with zero attached hydrogens (tertiary/aromatic N) is 1. The Morgan fingerprint density at radius 2 is 1.83 bits per heavy atom. The zero-order chi connectivity index (χ0) is 17.3. The molecular weight excluding hydrogens is 315 g/mol. The highest BCUT2D eigenvalue weighted by Crippen LogP contribution is 2.17. The van der Waals surface area contributed by atoms with Crippen LogP contribution >= 0.6 is 0 Å². The van der Waals surface area contributed by atoms with Gasteiger partial charge in [-0.25, -0.2) is 23.8 Å². The Bertz CT molecular complexity index is 1010. The minimum Gasteiger partial charge on any atom is -0.322 e. The lowest BCUT2D eigenvalue weighted by Gasteiger charge is -2.09. The van der Waals surface area contributed by atoms with Gasteiger partial charge in [0, 0.05) is 11.3 Å². The van der Waals surface area contributed by atoms with Gasteiger partial charge in [0.25, 0.3) is 5.91 Å². The molecule has 1 amide bonds. The van der Waals surface area contributed by atoms with Crippen LogP contribution < -0.4 is 16.7 Å². The Balaban J connectivity index is 1.82. The van der Waals surface area contributed by atoms with E-state index in [1.54, 1.807) is 6.92 Å². The molecule has 0 radical (unpaired) electrons. The van der Waals surface area contributed by atoms with Gasteiger partial charge in [0.05, 0.1) is 5.69 Å². The molecule has 122 valence electrons. The zero-order valence-electron chi connectivity index (χ0n) is 12.6. The van der Waals surface area contributed by atoms with Crippen molar-refractivity contribution in [2.24, 2.45) is 0 Å². The predicted octanol–water partition coefficient (Wildman–Crippen LogP) is 1.55. The van der Waals surface area contributed by atoms with Crippen molar-refractivity contribution in [1.29, 1.82) is 0 Å². The van der Waals surface area contributed by atoms with E-state index in [9.17, 15) is 18.8 Å². The molecule has 3 rings (SSSR count). The van der Waals surface area contributed by atoms with E-state index in [2.05, 4.69) is 15.4 Å². The average molecular weight is 328 g/mol. The predicted molar refractivity (Wildman–Crippen MR) is 86.1 cm³/mol. The number of carbonyl (C=O) groups excluding carboxylic acids is 1. The van der Waals surface area contributed by atoms with Crippen molar-refractivity contribution in [1.82, 2.24) is 14.8 Å². The quantitative estimate of drug-likeness (QED) is 0.680. The molecule has 3 aromatic rings. The number of H-pyrrole nitrogens is 2. The molecule has 0 aliphatic carbocycles. The number of carbonyl (C=O) groups is 1. The smallest absolute Gasteiger partial charge is 0.322 e. The van der Waals surface area contributed by atoms with Crippen LogP contribution in [0.4, 0.5) is 10.1 Å². The molecule has 8 heteroatoms. The molecule has 0 unspecified atom stereocenters. The normalized spacial score (nSPS) is 10.6. The Labute approximate surface area is 134 Å². The maximum absolute atomic E-state index is 13.1. The second-order valence-corrected chi connectivity index (χ2v) is 5.17. The number of anilines is 1. The molecule has 1 aromatic heterocycles. The zero-order valence-corrected chi connectivity index (χ0v) is 12.6. The minimum absolute atomic E-state index is 0.355. The average Bonchev–Trinajstić information content (AvgIpc) is 2.88. The summed E-state index contributed by atoms with van der Waals surface area (Å²) in [6, 6.07) is 10.2. The van der Waals surface area contributed by atoms with Crippen molar-refractivity contribution < 1.29 is 9.18 Å². The first-order valence-corrected chi connectivity index (χ1v) is 7.03. The molecule has 0 atom stereocenters. The maximum atomic E-state index is 13.1. The lowest BCUT2D eigenvalue weighted by atomic mass is 10.1. The summed E-state index contributed by atoms with van der Waals surface area (Å²) in [5.41, 5.74) is 0.669. The second-order valence-electron chi connectivity index (χ2n) is 5.17. The number of amides is 1. The molecule has 7 nitrogen and oxygen atoms in total. The van der Waals surface area contributed by atoms with Gasteiger partial charge in [-0.2, -0.15) is 0 Å². The van der Waals surface area contributed by atoms with Gasteiger partial charge in [-0.3, -0.25) is 9.78 Å². The van der Waals surface area contributed by atoms with Crippen molar-refractivity contribution >= 4 is 11.6 Å². The fourth-order valence-electron chi connectivity index (χ4n) is 2.24. The molecule has 3 N–H and O–H groups in total. The Morgan fingerprint density at radius 1 is 1.12 bits per heavy atom. The van der Waals surface area contributed by atoms with Crippen LogP contribution in [-0.4, -0.2) is 20.7 Å². The molecule has 1 heterocycles. The van der Waals surface area contributed by atoms with E-state index in [1.807, 2.05) is 0 Å². The van der Waals surface area contributed by atoms with Crippen LogP contribution in [0, 0.1) is 12.7 Å². The van der Waals surface area contributed by atoms with Gasteiger partial charge in [-0.1, -0.05) is 0 Å². The number of aryl methyl sites for hydroxylation is 1. The minimum atomic E-state index is -0.617. The molecule has 2 aromatic carbocycles. The summed E-state index contributed by atoms with van der Waals surface area (Å²) in [4.78, 5) is 36.9. The van der Waals surface area contributed by atoms with Crippen molar-refractivity contribution in [2.45, 2.75) is 6.92 Å². The van der Waals surface area contributed by atoms with Crippen LogP contribution in [0.2, 0.25) is 0 Å². The standard InChI is InChI=1S/C16H13FN4O3/c1-9-8-11(17)4-7-13(9)18-14(22)10-2-5-12(6-3-10)21-16(24)19-15(23)20-21/h2-8H,1H3,(H,18,22)(H2,19,20,23,24). The largest absolute Gasteiger partial charge is 0.349 e. The highest BCUT2D eigenvalue weighted by Gasteiger charge is 2.09. The molecule has 0 saturated carbocycles. The van der Waals surface area contributed by atoms with Gasteiger partial charge in [-0.15, -0.1) is 0 Å². The van der Waals surface area contributed by atoms with Crippen LogP contribution in [0.3, 0.4) is 0 Å². The van der Waals surface area contributed by atoms with Gasteiger partial charge in [-0.05, 0) is 55.0 Å². The third-order valence-electron chi connectivity index (χ3n) is 3.46. The topological polar surface area (TPSA) is 99.8 Å². The summed E-state index contributed by atoms with van der Waals surface area (Å²) < 4.78 is 14.1. The van der Waals surface area contributed by atoms with E-state index in [-0.39, 0.29) is 11.7 Å². The molecule has 0 bridgehead atoms. The fourth-order valence-corrected chi connectivity index (χ4v) is 2.24. The Morgan fingerprint density at radius 3 is 2.42 bits per heavy atom. The number of halogens is 1. The third-order valence-corrected chi connectivity index (χ3v) is 3.46. The van der Waals surface area contributed by atoms with E-state index in [4.69, 9.17) is 0 Å². The Kier molecular flexibility index (Phi) is 3.87. The van der Waals surface area contributed by atoms with E-state index in [1.165, 1.54) is 42.5 Å². The van der Waals surface area contributed by atoms with Crippen LogP contribution in [0.1, 0.15) is 15.9 Å². The van der Waals surface area contributed by atoms with Gasteiger partial charge in [0.15, 0.2) is 0 Å². The summed E-state index contributed by atoms with van der Waals surface area (Å²) in [7, 11) is 0. The molecule has 0 fully saturated rings. The first-order chi connectivity index (χ1) is 11.4. The number of rotatable bonds is 3. The first kappa shape index (κ1) is 15.5. The number of hydrogen-bond acceptors (Lipinski definition) is 3. The van der Waals surface area contributed by atoms with Gasteiger partial charge >= 0.3 is 11.4 Å². The van der Waals surface area contributed by atoms with Gasteiger partial charge < -0.3 is 5.32 Å². The number of benzene rings is 2. The van der Waals surface area contributed by atoms with E-state index >= 15 is 0 Å². The molecule has 24 heavy (non-hydrogen) atoms. The summed E-state index contributed by atoms with van der Waals surface area (Å²) in [6.07, 6.45) is 0. The first-order valence-electron chi connectivity index (χ1n) is 7.03. The molecule has 0 saturated heterocycles. The van der Waals surface area contributed by atoms with E-state index < -0.39 is 11.4 Å². The number of aromatic nitrogens is 3. The molecule has 0 aliphatic rings. The number of nitrogens with one attached hydrogen (secondary N) is 3. The summed E-state index contributed by atoms with van der Waals surface area (Å²) in [6.45, 7) is 1.69. The molecule has 0 aliphatic heterocycles. The van der Waals surface area contributed by atoms with E-state index in [0.29, 0.717) is 22.5 Å². The van der Waals surface area contributed by atoms with Crippen LogP contribution in [0.15, 0.2) is 52.1 Å². The lowest BCUT2D eigenvalue weighted by molar-refractivity contribution is 0.102. The third kappa shape index (κ3) is 3.02. The lowest BCUT2D eigenvalue weighted by Crippen LogP contribution is -2.17. The SMILES string of the molecule is Cc1cc(F)ccc1NC(=O)c1ccc(-n2[nH]c(=O)[nH]c2=O)cc1. The fraction of sp³-hybridized carbons (Fsp3) is 0.0625.